The molecule has 0 radical (unpaired) electrons. The van der Waals surface area contributed by atoms with Gasteiger partial charge in [-0.05, 0) is 35.1 Å². The van der Waals surface area contributed by atoms with E-state index < -0.39 is 11.6 Å². The van der Waals surface area contributed by atoms with Crippen LogP contribution in [0.15, 0.2) is 18.2 Å². The van der Waals surface area contributed by atoms with Crippen molar-refractivity contribution in [3.05, 3.63) is 35.4 Å². The summed E-state index contributed by atoms with van der Waals surface area (Å²) in [5, 5.41) is 1.13. The van der Waals surface area contributed by atoms with Crippen LogP contribution >= 0.6 is 0 Å². The van der Waals surface area contributed by atoms with Gasteiger partial charge in [0.2, 0.25) is 5.82 Å². The molecule has 0 saturated heterocycles. The van der Waals surface area contributed by atoms with Crippen molar-refractivity contribution in [2.24, 2.45) is 0 Å². The molecule has 0 aliphatic rings. The maximum Gasteiger partial charge on any atom is 0.201 e. The quantitative estimate of drug-likeness (QED) is 0.823. The third kappa shape index (κ3) is 1.88. The molecule has 96 valence electrons. The molecule has 0 aliphatic carbocycles. The Morgan fingerprint density at radius 1 is 1.17 bits per heavy atom. The van der Waals surface area contributed by atoms with E-state index in [0.29, 0.717) is 16.5 Å². The molecule has 0 heterocycles. The molecule has 0 aliphatic heterocycles. The second-order valence-electron chi connectivity index (χ2n) is 4.57. The van der Waals surface area contributed by atoms with Crippen LogP contribution < -0.4 is 10.5 Å². The van der Waals surface area contributed by atoms with Crippen LogP contribution in [0.2, 0.25) is 0 Å². The van der Waals surface area contributed by atoms with Gasteiger partial charge in [-0.25, -0.2) is 4.39 Å². The van der Waals surface area contributed by atoms with Gasteiger partial charge < -0.3 is 10.5 Å². The van der Waals surface area contributed by atoms with Crippen molar-refractivity contribution in [3.63, 3.8) is 0 Å². The van der Waals surface area contributed by atoms with Crippen molar-refractivity contribution in [2.75, 3.05) is 12.8 Å². The Morgan fingerprint density at radius 3 is 2.39 bits per heavy atom. The van der Waals surface area contributed by atoms with Gasteiger partial charge in [0.15, 0.2) is 11.6 Å². The number of nitrogens with two attached hydrogens (primary N) is 1. The highest BCUT2D eigenvalue weighted by Crippen LogP contribution is 2.37. The van der Waals surface area contributed by atoms with Gasteiger partial charge in [0, 0.05) is 11.1 Å². The normalized spacial score (nSPS) is 11.2. The predicted molar refractivity (Wildman–Crippen MR) is 68.9 cm³/mol. The van der Waals surface area contributed by atoms with Gasteiger partial charge in [0.05, 0.1) is 7.11 Å². The van der Waals surface area contributed by atoms with Crippen molar-refractivity contribution in [1.82, 2.24) is 0 Å². The summed E-state index contributed by atoms with van der Waals surface area (Å²) in [6.45, 7) is 3.93. The molecule has 2 N–H and O–H groups in total. The number of benzene rings is 2. The monoisotopic (exact) mass is 251 g/mol. The molecule has 18 heavy (non-hydrogen) atoms. The Labute approximate surface area is 104 Å². The third-order valence-corrected chi connectivity index (χ3v) is 2.97. The zero-order valence-corrected chi connectivity index (χ0v) is 10.6. The molecular weight excluding hydrogens is 236 g/mol. The zero-order valence-electron chi connectivity index (χ0n) is 10.6. The lowest BCUT2D eigenvalue weighted by Gasteiger charge is -2.15. The Kier molecular flexibility index (Phi) is 3.11. The van der Waals surface area contributed by atoms with Crippen LogP contribution in [0.1, 0.15) is 25.3 Å². The van der Waals surface area contributed by atoms with E-state index in [4.69, 9.17) is 10.5 Å². The summed E-state index contributed by atoms with van der Waals surface area (Å²) >= 11 is 0. The van der Waals surface area contributed by atoms with Crippen molar-refractivity contribution in [2.45, 2.75) is 19.8 Å². The van der Waals surface area contributed by atoms with E-state index in [-0.39, 0.29) is 11.7 Å². The van der Waals surface area contributed by atoms with Gasteiger partial charge in [-0.3, -0.25) is 0 Å². The molecule has 0 fully saturated rings. The molecule has 0 amide bonds. The zero-order chi connectivity index (χ0) is 13.4. The average molecular weight is 251 g/mol. The van der Waals surface area contributed by atoms with Crippen LogP contribution in [-0.2, 0) is 0 Å². The second-order valence-corrected chi connectivity index (χ2v) is 4.57. The van der Waals surface area contributed by atoms with Crippen LogP contribution in [-0.4, -0.2) is 7.11 Å². The Balaban J connectivity index is 2.96. The van der Waals surface area contributed by atoms with Crippen molar-refractivity contribution in [3.8, 4) is 5.75 Å². The number of halogens is 2. The molecule has 2 aromatic carbocycles. The van der Waals surface area contributed by atoms with Gasteiger partial charge in [-0.15, -0.1) is 0 Å². The summed E-state index contributed by atoms with van der Waals surface area (Å²) in [6, 6.07) is 4.54. The number of fused-ring (bicyclic) bond motifs is 1. The fraction of sp³-hybridized carbons (Fsp3) is 0.286. The van der Waals surface area contributed by atoms with E-state index in [1.807, 2.05) is 13.8 Å². The third-order valence-electron chi connectivity index (χ3n) is 2.97. The summed E-state index contributed by atoms with van der Waals surface area (Å²) in [7, 11) is 1.33. The second kappa shape index (κ2) is 4.44. The van der Waals surface area contributed by atoms with Crippen LogP contribution in [0, 0.1) is 11.6 Å². The van der Waals surface area contributed by atoms with Gasteiger partial charge in [0.25, 0.3) is 0 Å². The number of hydrogen-bond donors (Lipinski definition) is 1. The van der Waals surface area contributed by atoms with Crippen LogP contribution in [0.25, 0.3) is 10.8 Å². The van der Waals surface area contributed by atoms with Gasteiger partial charge in [0.1, 0.15) is 0 Å². The number of nitrogen functional groups attached to an aromatic ring is 1. The topological polar surface area (TPSA) is 35.2 Å². The molecule has 0 bridgehead atoms. The molecule has 2 nitrogen and oxygen atoms in total. The van der Waals surface area contributed by atoms with Gasteiger partial charge in [-0.2, -0.15) is 4.39 Å². The summed E-state index contributed by atoms with van der Waals surface area (Å²) in [4.78, 5) is 0. The Morgan fingerprint density at radius 2 is 1.83 bits per heavy atom. The van der Waals surface area contributed by atoms with Crippen LogP contribution in [0.5, 0.6) is 5.75 Å². The largest absolute Gasteiger partial charge is 0.493 e. The average Bonchev–Trinajstić information content (AvgIpc) is 2.30. The van der Waals surface area contributed by atoms with Crippen LogP contribution in [0.4, 0.5) is 14.5 Å². The summed E-state index contributed by atoms with van der Waals surface area (Å²) in [5.41, 5.74) is 7.16. The van der Waals surface area contributed by atoms with E-state index in [0.717, 1.165) is 11.6 Å². The number of hydrogen-bond acceptors (Lipinski definition) is 2. The fourth-order valence-electron chi connectivity index (χ4n) is 2.15. The van der Waals surface area contributed by atoms with Crippen LogP contribution in [0.3, 0.4) is 0 Å². The minimum Gasteiger partial charge on any atom is -0.493 e. The lowest BCUT2D eigenvalue weighted by atomic mass is 9.94. The first-order chi connectivity index (χ1) is 8.45. The highest BCUT2D eigenvalue weighted by molar-refractivity contribution is 5.94. The molecule has 0 atom stereocenters. The lowest BCUT2D eigenvalue weighted by molar-refractivity contribution is 0.377. The molecule has 4 heteroatoms. The lowest BCUT2D eigenvalue weighted by Crippen LogP contribution is -2.00. The van der Waals surface area contributed by atoms with Crippen molar-refractivity contribution < 1.29 is 13.5 Å². The van der Waals surface area contributed by atoms with E-state index in [1.165, 1.54) is 7.11 Å². The van der Waals surface area contributed by atoms with E-state index in [1.54, 1.807) is 12.1 Å². The Bertz CT molecular complexity index is 609. The minimum absolute atomic E-state index is 0.0614. The molecule has 0 saturated carbocycles. The number of anilines is 1. The molecule has 0 unspecified atom stereocenters. The first kappa shape index (κ1) is 12.6. The smallest absolute Gasteiger partial charge is 0.201 e. The van der Waals surface area contributed by atoms with E-state index in [2.05, 4.69) is 0 Å². The number of methoxy groups -OCH3 is 1. The van der Waals surface area contributed by atoms with Gasteiger partial charge in [-0.1, -0.05) is 13.8 Å². The number of ether oxygens (including phenoxy) is 1. The molecule has 2 aromatic rings. The minimum atomic E-state index is -0.961. The summed E-state index contributed by atoms with van der Waals surface area (Å²) in [6.07, 6.45) is 0. The molecule has 0 aromatic heterocycles. The van der Waals surface area contributed by atoms with Crippen molar-refractivity contribution in [1.29, 1.82) is 0 Å². The SMILES string of the molecule is COc1c(F)c(F)cc2cc(N)cc(C(C)C)c12. The van der Waals surface area contributed by atoms with E-state index in [9.17, 15) is 8.78 Å². The fourth-order valence-corrected chi connectivity index (χ4v) is 2.15. The first-order valence-electron chi connectivity index (χ1n) is 5.70. The maximum absolute atomic E-state index is 13.7. The predicted octanol–water partition coefficient (Wildman–Crippen LogP) is 3.83. The van der Waals surface area contributed by atoms with Gasteiger partial charge >= 0.3 is 0 Å². The maximum atomic E-state index is 13.7. The van der Waals surface area contributed by atoms with Crippen molar-refractivity contribution >= 4 is 16.5 Å². The van der Waals surface area contributed by atoms with E-state index >= 15 is 0 Å². The molecule has 2 rings (SSSR count). The molecule has 0 spiro atoms. The standard InChI is InChI=1S/C14H15F2NO/c1-7(2)10-6-9(17)4-8-5-11(15)13(16)14(18-3)12(8)10/h4-7H,17H2,1-3H3. The molecular formula is C14H15F2NO. The number of rotatable bonds is 2. The highest BCUT2D eigenvalue weighted by atomic mass is 19.2. The summed E-state index contributed by atoms with van der Waals surface area (Å²) in [5.74, 6) is -1.82. The Hall–Kier alpha value is -1.84. The first-order valence-corrected chi connectivity index (χ1v) is 5.70. The summed E-state index contributed by atoms with van der Waals surface area (Å²) < 4.78 is 32.2. The highest BCUT2D eigenvalue weighted by Gasteiger charge is 2.18.